The maximum atomic E-state index is 6.19. The summed E-state index contributed by atoms with van der Waals surface area (Å²) in [6.45, 7) is 4.92. The molecule has 0 radical (unpaired) electrons. The average molecular weight is 369 g/mol. The maximum Gasteiger partial charge on any atom is 0.231 e. The van der Waals surface area contributed by atoms with Crippen molar-refractivity contribution < 1.29 is 4.74 Å². The Kier molecular flexibility index (Phi) is 5.58. The number of aryl methyl sites for hydroxylation is 1. The van der Waals surface area contributed by atoms with Crippen molar-refractivity contribution >= 4 is 34.7 Å². The fourth-order valence-corrected chi connectivity index (χ4v) is 2.93. The summed E-state index contributed by atoms with van der Waals surface area (Å²) in [6.07, 6.45) is 1.74. The van der Waals surface area contributed by atoms with Crippen molar-refractivity contribution in [2.45, 2.75) is 13.8 Å². The third-order valence-electron chi connectivity index (χ3n) is 3.94. The minimum Gasteiger partial charge on any atom is -0.495 e. The van der Waals surface area contributed by atoms with E-state index >= 15 is 0 Å². The minimum absolute atomic E-state index is 0.543. The second kappa shape index (κ2) is 8.06. The molecule has 0 atom stereocenters. The van der Waals surface area contributed by atoms with Crippen LogP contribution in [-0.2, 0) is 0 Å². The molecule has 0 fully saturated rings. The molecule has 134 valence electrons. The number of anilines is 4. The molecular formula is C20H21ClN4O. The first-order valence-electron chi connectivity index (χ1n) is 8.38. The molecule has 6 heteroatoms. The molecule has 0 aliphatic carbocycles. The zero-order valence-electron chi connectivity index (χ0n) is 15.0. The number of nitrogens with zero attached hydrogens (tertiary/aromatic N) is 3. The van der Waals surface area contributed by atoms with Crippen LogP contribution in [-0.4, -0.2) is 23.6 Å². The molecule has 0 unspecified atom stereocenters. The summed E-state index contributed by atoms with van der Waals surface area (Å²) in [6, 6.07) is 15.6. The lowest BCUT2D eigenvalue weighted by atomic mass is 10.2. The van der Waals surface area contributed by atoms with Crippen LogP contribution in [0.25, 0.3) is 0 Å². The fraction of sp³-hybridized carbons (Fsp3) is 0.200. The van der Waals surface area contributed by atoms with Crippen LogP contribution in [0.15, 0.2) is 54.7 Å². The van der Waals surface area contributed by atoms with Gasteiger partial charge in [-0.2, -0.15) is 4.98 Å². The number of benzene rings is 2. The van der Waals surface area contributed by atoms with E-state index in [9.17, 15) is 0 Å². The lowest BCUT2D eigenvalue weighted by Crippen LogP contribution is -2.19. The Balaban J connectivity index is 1.86. The fourth-order valence-electron chi connectivity index (χ4n) is 2.68. The van der Waals surface area contributed by atoms with Crippen LogP contribution in [0.5, 0.6) is 5.75 Å². The molecule has 0 spiro atoms. The first-order valence-corrected chi connectivity index (χ1v) is 8.76. The molecule has 0 aliphatic heterocycles. The summed E-state index contributed by atoms with van der Waals surface area (Å²) in [4.78, 5) is 11.1. The van der Waals surface area contributed by atoms with Gasteiger partial charge in [-0.1, -0.05) is 23.7 Å². The molecule has 0 saturated carbocycles. The first kappa shape index (κ1) is 18.0. The topological polar surface area (TPSA) is 50.3 Å². The molecule has 1 heterocycles. The van der Waals surface area contributed by atoms with Crippen LogP contribution in [0.4, 0.5) is 23.1 Å². The van der Waals surface area contributed by atoms with Crippen molar-refractivity contribution in [1.29, 1.82) is 0 Å². The number of ether oxygens (including phenoxy) is 1. The van der Waals surface area contributed by atoms with Gasteiger partial charge in [0.25, 0.3) is 0 Å². The van der Waals surface area contributed by atoms with Crippen molar-refractivity contribution in [2.75, 3.05) is 23.9 Å². The van der Waals surface area contributed by atoms with Crippen LogP contribution in [0, 0.1) is 6.92 Å². The molecule has 1 N–H and O–H groups in total. The van der Waals surface area contributed by atoms with Gasteiger partial charge in [-0.15, -0.1) is 0 Å². The molecular weight excluding hydrogens is 348 g/mol. The number of methoxy groups -OCH3 is 1. The highest BCUT2D eigenvalue weighted by molar-refractivity contribution is 6.32. The second-order valence-corrected chi connectivity index (χ2v) is 6.21. The molecule has 2 aromatic carbocycles. The lowest BCUT2D eigenvalue weighted by Gasteiger charge is -2.21. The van der Waals surface area contributed by atoms with Crippen molar-refractivity contribution in [2.24, 2.45) is 0 Å². The van der Waals surface area contributed by atoms with E-state index in [1.807, 2.05) is 24.3 Å². The molecule has 1 aromatic heterocycles. The van der Waals surface area contributed by atoms with Crippen LogP contribution in [0.3, 0.4) is 0 Å². The first-order chi connectivity index (χ1) is 12.6. The Morgan fingerprint density at radius 2 is 2.00 bits per heavy atom. The zero-order valence-corrected chi connectivity index (χ0v) is 15.8. The molecule has 0 amide bonds. The Bertz CT molecular complexity index is 900. The molecule has 5 nitrogen and oxygen atoms in total. The van der Waals surface area contributed by atoms with Crippen LogP contribution >= 0.6 is 11.6 Å². The van der Waals surface area contributed by atoms with Gasteiger partial charge in [-0.3, -0.25) is 0 Å². The van der Waals surface area contributed by atoms with Crippen LogP contribution < -0.4 is 15.0 Å². The van der Waals surface area contributed by atoms with E-state index in [1.165, 1.54) is 5.56 Å². The molecule has 0 saturated heterocycles. The summed E-state index contributed by atoms with van der Waals surface area (Å²) >= 11 is 6.19. The van der Waals surface area contributed by atoms with Gasteiger partial charge in [-0.05, 0) is 55.8 Å². The maximum absolute atomic E-state index is 6.19. The summed E-state index contributed by atoms with van der Waals surface area (Å²) in [7, 11) is 1.59. The molecule has 26 heavy (non-hydrogen) atoms. The van der Waals surface area contributed by atoms with Gasteiger partial charge in [0, 0.05) is 24.1 Å². The highest BCUT2D eigenvalue weighted by Crippen LogP contribution is 2.29. The molecule has 3 aromatic rings. The van der Waals surface area contributed by atoms with Gasteiger partial charge in [0.15, 0.2) is 0 Å². The Morgan fingerprint density at radius 1 is 1.15 bits per heavy atom. The van der Waals surface area contributed by atoms with Gasteiger partial charge in [0.1, 0.15) is 11.6 Å². The smallest absolute Gasteiger partial charge is 0.231 e. The predicted octanol–water partition coefficient (Wildman–Crippen LogP) is 5.35. The third kappa shape index (κ3) is 4.06. The molecule has 0 aliphatic rings. The number of halogens is 1. The number of nitrogens with one attached hydrogen (secondary N) is 1. The van der Waals surface area contributed by atoms with Gasteiger partial charge >= 0.3 is 0 Å². The average Bonchev–Trinajstić information content (AvgIpc) is 2.63. The van der Waals surface area contributed by atoms with Crippen molar-refractivity contribution in [3.8, 4) is 5.75 Å². The molecule has 0 bridgehead atoms. The summed E-state index contributed by atoms with van der Waals surface area (Å²) < 4.78 is 5.18. The standard InChI is InChI=1S/C20H21ClN4O/c1-4-25(16-7-5-6-14(2)12-16)20-22-11-10-19(24-20)23-15-8-9-18(26-3)17(21)13-15/h5-13H,4H2,1-3H3,(H,22,23,24). The van der Waals surface area contributed by atoms with Crippen molar-refractivity contribution in [1.82, 2.24) is 9.97 Å². The Morgan fingerprint density at radius 3 is 2.69 bits per heavy atom. The highest BCUT2D eigenvalue weighted by atomic mass is 35.5. The Hall–Kier alpha value is -2.79. The molecule has 3 rings (SSSR count). The van der Waals surface area contributed by atoms with Crippen molar-refractivity contribution in [3.63, 3.8) is 0 Å². The SMILES string of the molecule is CCN(c1cccc(C)c1)c1nccc(Nc2ccc(OC)c(Cl)c2)n1. The minimum atomic E-state index is 0.543. The summed E-state index contributed by atoms with van der Waals surface area (Å²) in [5.41, 5.74) is 3.10. The van der Waals surface area contributed by atoms with E-state index in [2.05, 4.69) is 52.2 Å². The van der Waals surface area contributed by atoms with Gasteiger partial charge in [0.05, 0.1) is 12.1 Å². The zero-order chi connectivity index (χ0) is 18.5. The number of rotatable bonds is 6. The van der Waals surface area contributed by atoms with E-state index in [0.717, 1.165) is 17.9 Å². The Labute approximate surface area is 158 Å². The van der Waals surface area contributed by atoms with E-state index in [1.54, 1.807) is 19.4 Å². The van der Waals surface area contributed by atoms with Gasteiger partial charge in [0.2, 0.25) is 5.95 Å². The van der Waals surface area contributed by atoms with Crippen molar-refractivity contribution in [3.05, 3.63) is 65.3 Å². The van der Waals surface area contributed by atoms with E-state index in [0.29, 0.717) is 22.5 Å². The third-order valence-corrected chi connectivity index (χ3v) is 4.23. The number of hydrogen-bond donors (Lipinski definition) is 1. The highest BCUT2D eigenvalue weighted by Gasteiger charge is 2.11. The summed E-state index contributed by atoms with van der Waals surface area (Å²) in [5, 5.41) is 3.80. The largest absolute Gasteiger partial charge is 0.495 e. The predicted molar refractivity (Wildman–Crippen MR) is 107 cm³/mol. The van der Waals surface area contributed by atoms with Crippen LogP contribution in [0.2, 0.25) is 5.02 Å². The number of aromatic nitrogens is 2. The van der Waals surface area contributed by atoms with Crippen LogP contribution in [0.1, 0.15) is 12.5 Å². The van der Waals surface area contributed by atoms with E-state index < -0.39 is 0 Å². The quantitative estimate of drug-likeness (QED) is 0.635. The van der Waals surface area contributed by atoms with E-state index in [4.69, 9.17) is 16.3 Å². The van der Waals surface area contributed by atoms with E-state index in [-0.39, 0.29) is 0 Å². The second-order valence-electron chi connectivity index (χ2n) is 5.80. The van der Waals surface area contributed by atoms with Gasteiger partial charge in [-0.25, -0.2) is 4.98 Å². The summed E-state index contributed by atoms with van der Waals surface area (Å²) in [5.74, 6) is 1.97. The lowest BCUT2D eigenvalue weighted by molar-refractivity contribution is 0.415. The monoisotopic (exact) mass is 368 g/mol. The normalized spacial score (nSPS) is 10.5. The number of hydrogen-bond acceptors (Lipinski definition) is 5. The van der Waals surface area contributed by atoms with Gasteiger partial charge < -0.3 is 15.0 Å².